The fraction of sp³-hybridized carbons (Fsp3) is 0.375. The van der Waals surface area contributed by atoms with Crippen molar-refractivity contribution >= 4 is 39.8 Å². The number of piperidine rings is 1. The summed E-state index contributed by atoms with van der Waals surface area (Å²) in [5, 5.41) is 17.7. The molecule has 1 saturated heterocycles. The van der Waals surface area contributed by atoms with Gasteiger partial charge in [0.05, 0.1) is 9.82 Å². The predicted molar refractivity (Wildman–Crippen MR) is 99.8 cm³/mol. The molecule has 1 aliphatic heterocycles. The van der Waals surface area contributed by atoms with Crippen molar-refractivity contribution in [3.63, 3.8) is 0 Å². The molecule has 2 N–H and O–H groups in total. The lowest BCUT2D eigenvalue weighted by molar-refractivity contribution is -0.387. The zero-order valence-corrected chi connectivity index (χ0v) is 15.3. The minimum atomic E-state index is -0.471. The minimum Gasteiger partial charge on any atom is -0.317 e. The van der Waals surface area contributed by atoms with Gasteiger partial charge in [0.2, 0.25) is 0 Å². The number of benzene rings is 1. The number of aromatic nitrogens is 1. The molecule has 1 aromatic heterocycles. The Morgan fingerprint density at radius 1 is 1.44 bits per heavy atom. The van der Waals surface area contributed by atoms with E-state index in [4.69, 9.17) is 0 Å². The van der Waals surface area contributed by atoms with E-state index in [1.807, 2.05) is 6.20 Å². The Labute approximate surface area is 153 Å². The number of hydrogen-bond acceptors (Lipinski definition) is 7. The largest absolute Gasteiger partial charge is 0.317 e. The summed E-state index contributed by atoms with van der Waals surface area (Å²) in [5.74, 6) is 0.0910. The number of anilines is 1. The number of nitrogens with one attached hydrogen (secondary N) is 2. The lowest BCUT2D eigenvalue weighted by atomic mass is 9.97. The van der Waals surface area contributed by atoms with Crippen LogP contribution >= 0.6 is 23.1 Å². The third-order valence-corrected chi connectivity index (χ3v) is 5.98. The molecule has 2 heterocycles. The van der Waals surface area contributed by atoms with Gasteiger partial charge in [-0.3, -0.25) is 20.2 Å². The minimum absolute atomic E-state index is 0.0605. The van der Waals surface area contributed by atoms with Crippen LogP contribution in [0.5, 0.6) is 0 Å². The Kier molecular flexibility index (Phi) is 5.67. The Morgan fingerprint density at radius 3 is 2.88 bits per heavy atom. The second-order valence-electron chi connectivity index (χ2n) is 5.69. The van der Waals surface area contributed by atoms with Crippen molar-refractivity contribution in [3.05, 3.63) is 45.0 Å². The second kappa shape index (κ2) is 7.94. The number of nitro groups is 1. The van der Waals surface area contributed by atoms with E-state index in [1.54, 1.807) is 18.4 Å². The SMILES string of the molecule is CSc1ccc(C(=O)Nc2ncc(C3CCNCC3)s2)cc1[N+](=O)[O-]. The average molecular weight is 378 g/mol. The van der Waals surface area contributed by atoms with Crippen molar-refractivity contribution in [2.24, 2.45) is 0 Å². The molecule has 25 heavy (non-hydrogen) atoms. The van der Waals surface area contributed by atoms with Gasteiger partial charge in [0.25, 0.3) is 11.6 Å². The highest BCUT2D eigenvalue weighted by Crippen LogP contribution is 2.32. The quantitative estimate of drug-likeness (QED) is 0.470. The molecule has 0 aliphatic carbocycles. The molecule has 1 fully saturated rings. The number of nitro benzene ring substituents is 1. The van der Waals surface area contributed by atoms with E-state index in [-0.39, 0.29) is 17.2 Å². The van der Waals surface area contributed by atoms with Crippen LogP contribution in [-0.2, 0) is 0 Å². The van der Waals surface area contributed by atoms with E-state index in [9.17, 15) is 14.9 Å². The van der Waals surface area contributed by atoms with Crippen LogP contribution in [0.2, 0.25) is 0 Å². The number of carbonyl (C=O) groups is 1. The molecule has 0 bridgehead atoms. The number of rotatable bonds is 5. The molecule has 0 unspecified atom stereocenters. The lowest BCUT2D eigenvalue weighted by Gasteiger charge is -2.20. The number of carbonyl (C=O) groups excluding carboxylic acids is 1. The van der Waals surface area contributed by atoms with E-state index in [2.05, 4.69) is 15.6 Å². The van der Waals surface area contributed by atoms with Crippen LogP contribution in [0.3, 0.4) is 0 Å². The summed E-state index contributed by atoms with van der Waals surface area (Å²) in [6, 6.07) is 4.50. The monoisotopic (exact) mass is 378 g/mol. The molecule has 2 aromatic rings. The third-order valence-electron chi connectivity index (χ3n) is 4.12. The van der Waals surface area contributed by atoms with E-state index in [1.165, 1.54) is 34.0 Å². The van der Waals surface area contributed by atoms with Crippen molar-refractivity contribution in [3.8, 4) is 0 Å². The van der Waals surface area contributed by atoms with Crippen LogP contribution in [0.4, 0.5) is 10.8 Å². The summed E-state index contributed by atoms with van der Waals surface area (Å²) in [7, 11) is 0. The zero-order chi connectivity index (χ0) is 17.8. The van der Waals surface area contributed by atoms with E-state index >= 15 is 0 Å². The Bertz CT molecular complexity index is 787. The van der Waals surface area contributed by atoms with Gasteiger partial charge in [-0.15, -0.1) is 23.1 Å². The number of hydrogen-bond donors (Lipinski definition) is 2. The van der Waals surface area contributed by atoms with Crippen LogP contribution < -0.4 is 10.6 Å². The topological polar surface area (TPSA) is 97.2 Å². The number of thioether (sulfide) groups is 1. The smallest absolute Gasteiger partial charge is 0.283 e. The molecule has 1 aliphatic rings. The second-order valence-corrected chi connectivity index (χ2v) is 7.60. The van der Waals surface area contributed by atoms with Gasteiger partial charge in [-0.2, -0.15) is 0 Å². The first-order valence-electron chi connectivity index (χ1n) is 7.88. The molecule has 0 radical (unpaired) electrons. The van der Waals surface area contributed by atoms with Gasteiger partial charge in [0, 0.05) is 22.7 Å². The Balaban J connectivity index is 1.73. The highest BCUT2D eigenvalue weighted by atomic mass is 32.2. The van der Waals surface area contributed by atoms with Crippen LogP contribution in [0.25, 0.3) is 0 Å². The van der Waals surface area contributed by atoms with Gasteiger partial charge in [-0.05, 0) is 50.2 Å². The first-order valence-corrected chi connectivity index (χ1v) is 9.93. The van der Waals surface area contributed by atoms with Gasteiger partial charge in [-0.1, -0.05) is 0 Å². The van der Waals surface area contributed by atoms with Crippen molar-refractivity contribution in [1.29, 1.82) is 0 Å². The average Bonchev–Trinajstić information content (AvgIpc) is 3.10. The number of thiazole rings is 1. The molecule has 0 spiro atoms. The Hall–Kier alpha value is -1.97. The molecule has 132 valence electrons. The molecule has 3 rings (SSSR count). The van der Waals surface area contributed by atoms with Crippen molar-refractivity contribution in [2.45, 2.75) is 23.7 Å². The fourth-order valence-electron chi connectivity index (χ4n) is 2.78. The zero-order valence-electron chi connectivity index (χ0n) is 13.7. The van der Waals surface area contributed by atoms with Gasteiger partial charge >= 0.3 is 0 Å². The van der Waals surface area contributed by atoms with Crippen LogP contribution in [0.1, 0.15) is 34.0 Å². The first-order chi connectivity index (χ1) is 12.1. The summed E-state index contributed by atoms with van der Waals surface area (Å²) in [6.45, 7) is 1.99. The summed E-state index contributed by atoms with van der Waals surface area (Å²) in [5.41, 5.74) is 0.192. The van der Waals surface area contributed by atoms with E-state index < -0.39 is 4.92 Å². The molecule has 1 amide bonds. The Morgan fingerprint density at radius 2 is 2.20 bits per heavy atom. The van der Waals surface area contributed by atoms with Gasteiger partial charge in [0.15, 0.2) is 5.13 Å². The van der Waals surface area contributed by atoms with Crippen LogP contribution in [-0.4, -0.2) is 35.2 Å². The number of nitrogens with zero attached hydrogens (tertiary/aromatic N) is 2. The molecular weight excluding hydrogens is 360 g/mol. The van der Waals surface area contributed by atoms with Gasteiger partial charge in [0.1, 0.15) is 0 Å². The standard InChI is InChI=1S/C16H18N4O3S2/c1-24-13-3-2-11(8-12(13)20(22)23)15(21)19-16-18-9-14(25-16)10-4-6-17-7-5-10/h2-3,8-10,17H,4-7H2,1H3,(H,18,19,21). The maximum atomic E-state index is 12.4. The maximum absolute atomic E-state index is 12.4. The predicted octanol–water partition coefficient (Wildman–Crippen LogP) is 3.49. The van der Waals surface area contributed by atoms with Crippen molar-refractivity contribution in [2.75, 3.05) is 24.7 Å². The van der Waals surface area contributed by atoms with Crippen LogP contribution in [0.15, 0.2) is 29.3 Å². The molecule has 0 saturated carbocycles. The molecule has 7 nitrogen and oxygen atoms in total. The third kappa shape index (κ3) is 4.17. The van der Waals surface area contributed by atoms with Crippen LogP contribution in [0, 0.1) is 10.1 Å². The molecule has 0 atom stereocenters. The molecular formula is C16H18N4O3S2. The van der Waals surface area contributed by atoms with Crippen molar-refractivity contribution in [1.82, 2.24) is 10.3 Å². The van der Waals surface area contributed by atoms with Crippen molar-refractivity contribution < 1.29 is 9.72 Å². The summed E-state index contributed by atoms with van der Waals surface area (Å²) < 4.78 is 0. The van der Waals surface area contributed by atoms with Gasteiger partial charge < -0.3 is 5.32 Å². The fourth-order valence-corrected chi connectivity index (χ4v) is 4.31. The highest BCUT2D eigenvalue weighted by Gasteiger charge is 2.20. The highest BCUT2D eigenvalue weighted by molar-refractivity contribution is 7.98. The summed E-state index contributed by atoms with van der Waals surface area (Å²) in [4.78, 5) is 29.0. The van der Waals surface area contributed by atoms with Gasteiger partial charge in [-0.25, -0.2) is 4.98 Å². The number of amides is 1. The lowest BCUT2D eigenvalue weighted by Crippen LogP contribution is -2.26. The summed E-state index contributed by atoms with van der Waals surface area (Å²) in [6.07, 6.45) is 5.71. The summed E-state index contributed by atoms with van der Waals surface area (Å²) >= 11 is 2.75. The molecule has 1 aromatic carbocycles. The first kappa shape index (κ1) is 17.8. The normalized spacial score (nSPS) is 15.1. The molecule has 9 heteroatoms. The maximum Gasteiger partial charge on any atom is 0.283 e. The van der Waals surface area contributed by atoms with E-state index in [0.717, 1.165) is 25.9 Å². The van der Waals surface area contributed by atoms with E-state index in [0.29, 0.717) is 15.9 Å².